The van der Waals surface area contributed by atoms with Gasteiger partial charge in [-0.1, -0.05) is 40.2 Å². The van der Waals surface area contributed by atoms with E-state index >= 15 is 0 Å². The lowest BCUT2D eigenvalue weighted by molar-refractivity contribution is 0.111. The van der Waals surface area contributed by atoms with Crippen LogP contribution < -0.4 is 9.47 Å². The zero-order valence-corrected chi connectivity index (χ0v) is 12.7. The third-order valence-corrected chi connectivity index (χ3v) is 3.54. The Hall–Kier alpha value is -1.81. The Kier molecular flexibility index (Phi) is 5.18. The first-order chi connectivity index (χ1) is 9.76. The van der Waals surface area contributed by atoms with Crippen molar-refractivity contribution in [3.8, 4) is 11.5 Å². The first-order valence-electron chi connectivity index (χ1n) is 6.33. The van der Waals surface area contributed by atoms with Gasteiger partial charge in [0.25, 0.3) is 0 Å². The van der Waals surface area contributed by atoms with Gasteiger partial charge >= 0.3 is 0 Å². The van der Waals surface area contributed by atoms with E-state index in [2.05, 4.69) is 15.9 Å². The molecule has 0 unspecified atom stereocenters. The third kappa shape index (κ3) is 3.39. The molecule has 2 aromatic carbocycles. The summed E-state index contributed by atoms with van der Waals surface area (Å²) in [7, 11) is 0. The molecule has 3 nitrogen and oxygen atoms in total. The van der Waals surface area contributed by atoms with Gasteiger partial charge < -0.3 is 9.47 Å². The van der Waals surface area contributed by atoms with Crippen molar-refractivity contribution >= 4 is 22.2 Å². The summed E-state index contributed by atoms with van der Waals surface area (Å²) in [5.41, 5.74) is 1.50. The fraction of sp³-hybridized carbons (Fsp3) is 0.188. The minimum Gasteiger partial charge on any atom is -0.490 e. The monoisotopic (exact) mass is 334 g/mol. The molecule has 4 heteroatoms. The van der Waals surface area contributed by atoms with E-state index < -0.39 is 0 Å². The Bertz CT molecular complexity index is 596. The Morgan fingerprint density at radius 3 is 2.60 bits per heavy atom. The van der Waals surface area contributed by atoms with E-state index in [0.29, 0.717) is 30.3 Å². The number of carbonyl (C=O) groups excluding carboxylic acids is 1. The number of rotatable bonds is 6. The highest BCUT2D eigenvalue weighted by Gasteiger charge is 2.11. The number of hydrogen-bond donors (Lipinski definition) is 0. The van der Waals surface area contributed by atoms with Gasteiger partial charge in [0.05, 0.1) is 12.2 Å². The maximum absolute atomic E-state index is 11.1. The minimum absolute atomic E-state index is 0.367. The highest BCUT2D eigenvalue weighted by Crippen LogP contribution is 2.31. The summed E-state index contributed by atoms with van der Waals surface area (Å²) in [6, 6.07) is 13.1. The van der Waals surface area contributed by atoms with Crippen molar-refractivity contribution in [1.82, 2.24) is 0 Å². The fourth-order valence-corrected chi connectivity index (χ4v) is 2.21. The second-order valence-corrected chi connectivity index (χ2v) is 4.96. The molecule has 0 aliphatic heterocycles. The Labute approximate surface area is 126 Å². The largest absolute Gasteiger partial charge is 0.490 e. The van der Waals surface area contributed by atoms with E-state index in [4.69, 9.17) is 9.47 Å². The molecule has 20 heavy (non-hydrogen) atoms. The molecule has 0 aliphatic carbocycles. The van der Waals surface area contributed by atoms with E-state index in [1.54, 1.807) is 18.2 Å². The molecule has 0 bridgehead atoms. The summed E-state index contributed by atoms with van der Waals surface area (Å²) in [6.07, 6.45) is 0.776. The number of carbonyl (C=O) groups is 1. The van der Waals surface area contributed by atoms with Crippen molar-refractivity contribution in [2.24, 2.45) is 0 Å². The van der Waals surface area contributed by atoms with Crippen LogP contribution >= 0.6 is 15.9 Å². The van der Waals surface area contributed by atoms with Crippen LogP contribution in [0.4, 0.5) is 0 Å². The third-order valence-electron chi connectivity index (χ3n) is 2.77. The van der Waals surface area contributed by atoms with Crippen LogP contribution in [0.1, 0.15) is 22.8 Å². The van der Waals surface area contributed by atoms with E-state index in [9.17, 15) is 4.79 Å². The molecule has 0 amide bonds. The maximum Gasteiger partial charge on any atom is 0.172 e. The molecular weight excluding hydrogens is 320 g/mol. The number of aldehydes is 1. The van der Waals surface area contributed by atoms with Crippen molar-refractivity contribution in [3.63, 3.8) is 0 Å². The standard InChI is InChI=1S/C16H15BrO3/c1-2-19-15-9-5-7-12(10-18)16(15)20-11-13-6-3-4-8-14(13)17/h3-10H,2,11H2,1H3. The first-order valence-corrected chi connectivity index (χ1v) is 7.12. The van der Waals surface area contributed by atoms with Crippen molar-refractivity contribution in [3.05, 3.63) is 58.1 Å². The van der Waals surface area contributed by atoms with E-state index in [-0.39, 0.29) is 0 Å². The summed E-state index contributed by atoms with van der Waals surface area (Å²) >= 11 is 3.47. The van der Waals surface area contributed by atoms with E-state index in [1.807, 2.05) is 31.2 Å². The predicted molar refractivity (Wildman–Crippen MR) is 81.5 cm³/mol. The minimum atomic E-state index is 0.367. The van der Waals surface area contributed by atoms with E-state index in [1.165, 1.54) is 0 Å². The zero-order valence-electron chi connectivity index (χ0n) is 11.1. The van der Waals surface area contributed by atoms with Crippen LogP contribution in [0, 0.1) is 0 Å². The molecule has 0 saturated carbocycles. The lowest BCUT2D eigenvalue weighted by atomic mass is 10.2. The SMILES string of the molecule is CCOc1cccc(C=O)c1OCc1ccccc1Br. The molecule has 0 fully saturated rings. The van der Waals surface area contributed by atoms with Crippen LogP contribution in [0.15, 0.2) is 46.9 Å². The number of para-hydroxylation sites is 1. The van der Waals surface area contributed by atoms with E-state index in [0.717, 1.165) is 16.3 Å². The summed E-state index contributed by atoms with van der Waals surface area (Å²) in [5.74, 6) is 1.07. The van der Waals surface area contributed by atoms with Crippen LogP contribution in [0.5, 0.6) is 11.5 Å². The van der Waals surface area contributed by atoms with Gasteiger partial charge in [-0.05, 0) is 25.1 Å². The fourth-order valence-electron chi connectivity index (χ4n) is 1.81. The molecule has 104 valence electrons. The van der Waals surface area contributed by atoms with Gasteiger partial charge in [0, 0.05) is 10.0 Å². The predicted octanol–water partition coefficient (Wildman–Crippen LogP) is 4.24. The summed E-state index contributed by atoms with van der Waals surface area (Å²) < 4.78 is 12.3. The molecule has 0 radical (unpaired) electrons. The smallest absolute Gasteiger partial charge is 0.172 e. The zero-order chi connectivity index (χ0) is 14.4. The highest BCUT2D eigenvalue weighted by molar-refractivity contribution is 9.10. The number of hydrogen-bond acceptors (Lipinski definition) is 3. The Balaban J connectivity index is 2.24. The van der Waals surface area contributed by atoms with Gasteiger partial charge in [-0.25, -0.2) is 0 Å². The summed E-state index contributed by atoms with van der Waals surface area (Å²) in [6.45, 7) is 2.78. The number of ether oxygens (including phenoxy) is 2. The topological polar surface area (TPSA) is 35.5 Å². The Morgan fingerprint density at radius 1 is 1.10 bits per heavy atom. The van der Waals surface area contributed by atoms with Gasteiger partial charge in [0.2, 0.25) is 0 Å². The number of halogens is 1. The summed E-state index contributed by atoms with van der Waals surface area (Å²) in [5, 5.41) is 0. The van der Waals surface area contributed by atoms with Gasteiger partial charge in [-0.15, -0.1) is 0 Å². The highest BCUT2D eigenvalue weighted by atomic mass is 79.9. The van der Waals surface area contributed by atoms with Crippen molar-refractivity contribution in [2.75, 3.05) is 6.61 Å². The second kappa shape index (κ2) is 7.10. The van der Waals surface area contributed by atoms with Gasteiger partial charge in [0.15, 0.2) is 17.8 Å². The van der Waals surface area contributed by atoms with Crippen LogP contribution in [0.25, 0.3) is 0 Å². The van der Waals surface area contributed by atoms with Crippen LogP contribution in [-0.4, -0.2) is 12.9 Å². The summed E-state index contributed by atoms with van der Waals surface area (Å²) in [4.78, 5) is 11.1. The quantitative estimate of drug-likeness (QED) is 0.741. The van der Waals surface area contributed by atoms with Gasteiger partial charge in [-0.2, -0.15) is 0 Å². The normalized spacial score (nSPS) is 10.1. The average molecular weight is 335 g/mol. The molecule has 0 saturated heterocycles. The maximum atomic E-state index is 11.1. The lowest BCUT2D eigenvalue weighted by Gasteiger charge is -2.14. The average Bonchev–Trinajstić information content (AvgIpc) is 2.47. The molecule has 0 atom stereocenters. The molecular formula is C16H15BrO3. The van der Waals surface area contributed by atoms with Crippen molar-refractivity contribution in [1.29, 1.82) is 0 Å². The van der Waals surface area contributed by atoms with Crippen LogP contribution in [-0.2, 0) is 6.61 Å². The van der Waals surface area contributed by atoms with Crippen molar-refractivity contribution < 1.29 is 14.3 Å². The molecule has 2 aromatic rings. The molecule has 0 N–H and O–H groups in total. The van der Waals surface area contributed by atoms with Gasteiger partial charge in [0.1, 0.15) is 6.61 Å². The number of benzene rings is 2. The van der Waals surface area contributed by atoms with Crippen LogP contribution in [0.3, 0.4) is 0 Å². The molecule has 0 aliphatic rings. The van der Waals surface area contributed by atoms with Crippen LogP contribution in [0.2, 0.25) is 0 Å². The molecule has 0 spiro atoms. The van der Waals surface area contributed by atoms with Crippen molar-refractivity contribution in [2.45, 2.75) is 13.5 Å². The van der Waals surface area contributed by atoms with Gasteiger partial charge in [-0.3, -0.25) is 4.79 Å². The molecule has 0 aromatic heterocycles. The first kappa shape index (κ1) is 14.6. The second-order valence-electron chi connectivity index (χ2n) is 4.11. The lowest BCUT2D eigenvalue weighted by Crippen LogP contribution is -2.02. The molecule has 2 rings (SSSR count). The molecule has 0 heterocycles. The Morgan fingerprint density at radius 2 is 1.90 bits per heavy atom.